The molecule has 4 aromatic rings. The first-order valence-corrected chi connectivity index (χ1v) is 9.55. The Morgan fingerprint density at radius 1 is 1.03 bits per heavy atom. The summed E-state index contributed by atoms with van der Waals surface area (Å²) < 4.78 is 1.88. The van der Waals surface area contributed by atoms with Gasteiger partial charge in [0.25, 0.3) is 11.5 Å². The smallest absolute Gasteiger partial charge is 0.256 e. The summed E-state index contributed by atoms with van der Waals surface area (Å²) >= 11 is 0. The van der Waals surface area contributed by atoms with Gasteiger partial charge in [0.1, 0.15) is 5.82 Å². The topological polar surface area (TPSA) is 83.9 Å². The second-order valence-electron chi connectivity index (χ2n) is 7.13. The molecule has 0 saturated heterocycles. The van der Waals surface area contributed by atoms with Crippen molar-refractivity contribution in [2.24, 2.45) is 0 Å². The molecule has 7 nitrogen and oxygen atoms in total. The number of rotatable bonds is 2. The number of carbonyl (C=O) groups is 1. The molecule has 2 aromatic heterocycles. The number of hydrogen-bond acceptors (Lipinski definition) is 4. The molecule has 1 aliphatic heterocycles. The van der Waals surface area contributed by atoms with Gasteiger partial charge in [-0.15, -0.1) is 0 Å². The number of hydrogen-bond donors (Lipinski definition) is 1. The molecule has 144 valence electrons. The second-order valence-corrected chi connectivity index (χ2v) is 7.13. The molecule has 0 spiro atoms. The Kier molecular flexibility index (Phi) is 4.01. The van der Waals surface area contributed by atoms with E-state index in [-0.39, 0.29) is 17.5 Å². The highest BCUT2D eigenvalue weighted by atomic mass is 16.2. The summed E-state index contributed by atoms with van der Waals surface area (Å²) in [6.45, 7) is 3.06. The van der Waals surface area contributed by atoms with Gasteiger partial charge in [-0.05, 0) is 13.0 Å². The van der Waals surface area contributed by atoms with Crippen molar-refractivity contribution in [3.63, 3.8) is 0 Å². The molecule has 0 saturated carbocycles. The Bertz CT molecular complexity index is 1280. The Morgan fingerprint density at radius 2 is 1.76 bits per heavy atom. The number of nitrogens with one attached hydrogen (secondary N) is 1. The minimum atomic E-state index is -0.230. The molecule has 7 heteroatoms. The van der Waals surface area contributed by atoms with Crippen LogP contribution in [0.4, 0.5) is 0 Å². The number of fused-ring (bicyclic) bond motifs is 2. The van der Waals surface area contributed by atoms with Gasteiger partial charge >= 0.3 is 0 Å². The van der Waals surface area contributed by atoms with Gasteiger partial charge in [-0.2, -0.15) is 5.10 Å². The van der Waals surface area contributed by atoms with Gasteiger partial charge in [0, 0.05) is 29.1 Å². The maximum atomic E-state index is 13.4. The summed E-state index contributed by atoms with van der Waals surface area (Å²) in [6.07, 6.45) is 1.51. The number of aromatic nitrogens is 4. The molecule has 1 atom stereocenters. The predicted octanol–water partition coefficient (Wildman–Crippen LogP) is 3.00. The molecule has 1 aliphatic rings. The maximum Gasteiger partial charge on any atom is 0.256 e. The highest BCUT2D eigenvalue weighted by Gasteiger charge is 2.32. The minimum Gasteiger partial charge on any atom is -0.328 e. The number of carbonyl (C=O) groups excluding carboxylic acids is 1. The molecular formula is C22H19N5O2. The molecule has 3 heterocycles. The summed E-state index contributed by atoms with van der Waals surface area (Å²) in [6, 6.07) is 16.7. The molecule has 0 radical (unpaired) electrons. The van der Waals surface area contributed by atoms with Gasteiger partial charge in [0.15, 0.2) is 5.82 Å². The number of benzene rings is 2. The van der Waals surface area contributed by atoms with Crippen LogP contribution in [0.1, 0.15) is 29.1 Å². The third-order valence-corrected chi connectivity index (χ3v) is 5.43. The normalized spacial score (nSPS) is 16.0. The van der Waals surface area contributed by atoms with Crippen LogP contribution in [-0.4, -0.2) is 37.1 Å². The first-order chi connectivity index (χ1) is 14.1. The van der Waals surface area contributed by atoms with Gasteiger partial charge in [-0.3, -0.25) is 9.59 Å². The highest BCUT2D eigenvalue weighted by Crippen LogP contribution is 2.28. The summed E-state index contributed by atoms with van der Waals surface area (Å²) in [7, 11) is 0. The molecule has 29 heavy (non-hydrogen) atoms. The van der Waals surface area contributed by atoms with Crippen molar-refractivity contribution in [2.45, 2.75) is 19.5 Å². The zero-order valence-electron chi connectivity index (χ0n) is 15.9. The maximum absolute atomic E-state index is 13.4. The van der Waals surface area contributed by atoms with Crippen LogP contribution in [0.5, 0.6) is 0 Å². The van der Waals surface area contributed by atoms with Crippen LogP contribution in [0, 0.1) is 0 Å². The fourth-order valence-electron chi connectivity index (χ4n) is 3.89. The van der Waals surface area contributed by atoms with Crippen LogP contribution in [0.25, 0.3) is 22.2 Å². The third-order valence-electron chi connectivity index (χ3n) is 5.43. The average molecular weight is 385 g/mol. The zero-order valence-corrected chi connectivity index (χ0v) is 15.9. The van der Waals surface area contributed by atoms with E-state index in [4.69, 9.17) is 4.98 Å². The van der Waals surface area contributed by atoms with Gasteiger partial charge in [0.05, 0.1) is 18.2 Å². The van der Waals surface area contributed by atoms with Crippen molar-refractivity contribution in [1.82, 2.24) is 24.6 Å². The number of pyridine rings is 1. The lowest BCUT2D eigenvalue weighted by atomic mass is 10.1. The first-order valence-electron chi connectivity index (χ1n) is 9.55. The summed E-state index contributed by atoms with van der Waals surface area (Å²) in [4.78, 5) is 34.6. The van der Waals surface area contributed by atoms with Gasteiger partial charge in [-0.25, -0.2) is 9.67 Å². The van der Waals surface area contributed by atoms with Gasteiger partial charge in [-0.1, -0.05) is 48.5 Å². The minimum absolute atomic E-state index is 0.125. The fourth-order valence-corrected chi connectivity index (χ4v) is 3.89. The van der Waals surface area contributed by atoms with E-state index in [1.54, 1.807) is 17.0 Å². The first kappa shape index (κ1) is 17.4. The van der Waals surface area contributed by atoms with Crippen molar-refractivity contribution < 1.29 is 4.79 Å². The van der Waals surface area contributed by atoms with Crippen molar-refractivity contribution in [2.75, 3.05) is 6.54 Å². The van der Waals surface area contributed by atoms with Crippen molar-refractivity contribution in [1.29, 1.82) is 0 Å². The number of amides is 1. The van der Waals surface area contributed by atoms with Gasteiger partial charge < -0.3 is 9.88 Å². The Balaban J connectivity index is 1.52. The quantitative estimate of drug-likeness (QED) is 0.575. The van der Waals surface area contributed by atoms with E-state index in [9.17, 15) is 9.59 Å². The number of aromatic amines is 1. The van der Waals surface area contributed by atoms with Crippen molar-refractivity contribution >= 4 is 16.7 Å². The lowest BCUT2D eigenvalue weighted by molar-refractivity contribution is 0.0632. The Morgan fingerprint density at radius 3 is 2.55 bits per heavy atom. The van der Waals surface area contributed by atoms with Crippen LogP contribution in [-0.2, 0) is 6.54 Å². The van der Waals surface area contributed by atoms with E-state index in [0.29, 0.717) is 35.2 Å². The molecular weight excluding hydrogens is 366 g/mol. The fraction of sp³-hybridized carbons (Fsp3) is 0.182. The van der Waals surface area contributed by atoms with Crippen LogP contribution in [0.3, 0.4) is 0 Å². The average Bonchev–Trinajstić information content (AvgIpc) is 3.20. The Labute approximate surface area is 166 Å². The summed E-state index contributed by atoms with van der Waals surface area (Å²) in [5.74, 6) is 1.30. The van der Waals surface area contributed by atoms with E-state index in [0.717, 1.165) is 11.4 Å². The third kappa shape index (κ3) is 2.82. The lowest BCUT2D eigenvalue weighted by Gasteiger charge is -2.33. The zero-order chi connectivity index (χ0) is 20.0. The van der Waals surface area contributed by atoms with E-state index in [1.165, 1.54) is 6.20 Å². The molecule has 5 rings (SSSR count). The summed E-state index contributed by atoms with van der Waals surface area (Å²) in [5.41, 5.74) is 1.24. The largest absolute Gasteiger partial charge is 0.328 e. The van der Waals surface area contributed by atoms with Crippen molar-refractivity contribution in [3.05, 3.63) is 82.5 Å². The standard InChI is InChI=1S/C22H19N5O2/c1-14-20-24-19(15-7-3-2-4-8-15)25-27(20)12-11-26(14)22(29)18-13-23-21(28)17-10-6-5-9-16(17)18/h2-10,13-14H,11-12H2,1H3,(H,23,28)/t14-/m0/s1. The van der Waals surface area contributed by atoms with E-state index in [2.05, 4.69) is 10.1 Å². The van der Waals surface area contributed by atoms with Crippen molar-refractivity contribution in [3.8, 4) is 11.4 Å². The van der Waals surface area contributed by atoms with Gasteiger partial charge in [0.2, 0.25) is 0 Å². The molecule has 2 aromatic carbocycles. The molecule has 0 bridgehead atoms. The monoisotopic (exact) mass is 385 g/mol. The summed E-state index contributed by atoms with van der Waals surface area (Å²) in [5, 5.41) is 5.79. The van der Waals surface area contributed by atoms with E-state index >= 15 is 0 Å². The predicted molar refractivity (Wildman–Crippen MR) is 109 cm³/mol. The Hall–Kier alpha value is -3.74. The van der Waals surface area contributed by atoms with E-state index in [1.807, 2.05) is 54.1 Å². The number of H-pyrrole nitrogens is 1. The number of nitrogens with zero attached hydrogens (tertiary/aromatic N) is 4. The van der Waals surface area contributed by atoms with Crippen LogP contribution >= 0.6 is 0 Å². The lowest BCUT2D eigenvalue weighted by Crippen LogP contribution is -2.41. The second kappa shape index (κ2) is 6.70. The molecule has 1 amide bonds. The van der Waals surface area contributed by atoms with E-state index < -0.39 is 0 Å². The van der Waals surface area contributed by atoms with Crippen LogP contribution in [0.2, 0.25) is 0 Å². The molecule has 1 N–H and O–H groups in total. The molecule has 0 unspecified atom stereocenters. The molecule has 0 aliphatic carbocycles. The van der Waals surface area contributed by atoms with Crippen LogP contribution < -0.4 is 5.56 Å². The SMILES string of the molecule is C[C@H]1c2nc(-c3ccccc3)nn2CCN1C(=O)c1c[nH]c(=O)c2ccccc12. The highest BCUT2D eigenvalue weighted by molar-refractivity contribution is 6.06. The molecule has 0 fully saturated rings. The van der Waals surface area contributed by atoms with Crippen LogP contribution in [0.15, 0.2) is 65.6 Å².